The predicted octanol–water partition coefficient (Wildman–Crippen LogP) is 3.80. The molecule has 2 aromatic rings. The van der Waals surface area contributed by atoms with Crippen LogP contribution in [0.3, 0.4) is 0 Å². The lowest BCUT2D eigenvalue weighted by atomic mass is 9.95. The fraction of sp³-hybridized carbons (Fsp3) is 0.375. The summed E-state index contributed by atoms with van der Waals surface area (Å²) >= 11 is 0. The van der Waals surface area contributed by atoms with Gasteiger partial charge in [-0.25, -0.2) is 9.48 Å². The zero-order valence-corrected chi connectivity index (χ0v) is 12.8. The van der Waals surface area contributed by atoms with E-state index in [4.69, 9.17) is 5.11 Å². The Hall–Kier alpha value is -2.51. The number of nitrogens with zero attached hydrogens (tertiary/aromatic N) is 2. The quantitative estimate of drug-likeness (QED) is 0.892. The number of rotatable bonds is 3. The fourth-order valence-corrected chi connectivity index (χ4v) is 2.92. The molecule has 24 heavy (non-hydrogen) atoms. The lowest BCUT2D eigenvalue weighted by molar-refractivity contribution is -0.173. The van der Waals surface area contributed by atoms with Crippen LogP contribution in [0.15, 0.2) is 30.5 Å². The molecule has 0 unspecified atom stereocenters. The van der Waals surface area contributed by atoms with E-state index in [1.54, 1.807) is 12.1 Å². The zero-order valence-electron chi connectivity index (χ0n) is 12.8. The van der Waals surface area contributed by atoms with E-state index in [-0.39, 0.29) is 17.8 Å². The molecule has 2 heterocycles. The SMILES string of the molecule is CCc1ccc([C@@H]2C[C@H](C(F)(F)F)n3ncc(C(=O)O)c3N2)cc1. The maximum Gasteiger partial charge on any atom is 0.410 e. The molecule has 128 valence electrons. The van der Waals surface area contributed by atoms with Crippen molar-refractivity contribution in [3.05, 3.63) is 47.2 Å². The maximum atomic E-state index is 13.4. The largest absolute Gasteiger partial charge is 0.477 e. The van der Waals surface area contributed by atoms with Gasteiger partial charge in [0.15, 0.2) is 6.04 Å². The van der Waals surface area contributed by atoms with Crippen LogP contribution in [-0.2, 0) is 6.42 Å². The third kappa shape index (κ3) is 2.83. The van der Waals surface area contributed by atoms with Crippen molar-refractivity contribution in [2.45, 2.75) is 38.0 Å². The van der Waals surface area contributed by atoms with Crippen molar-refractivity contribution in [1.29, 1.82) is 0 Å². The van der Waals surface area contributed by atoms with Crippen molar-refractivity contribution < 1.29 is 23.1 Å². The number of aromatic nitrogens is 2. The van der Waals surface area contributed by atoms with Gasteiger partial charge in [0.1, 0.15) is 11.4 Å². The number of fused-ring (bicyclic) bond motifs is 1. The van der Waals surface area contributed by atoms with Crippen LogP contribution in [0.25, 0.3) is 0 Å². The average Bonchev–Trinajstić information content (AvgIpc) is 2.97. The molecule has 1 aromatic heterocycles. The number of aromatic carboxylic acids is 1. The van der Waals surface area contributed by atoms with Gasteiger partial charge >= 0.3 is 12.1 Å². The van der Waals surface area contributed by atoms with Gasteiger partial charge in [0.2, 0.25) is 0 Å². The van der Waals surface area contributed by atoms with E-state index in [0.717, 1.165) is 22.9 Å². The van der Waals surface area contributed by atoms with E-state index in [2.05, 4.69) is 10.4 Å². The summed E-state index contributed by atoms with van der Waals surface area (Å²) in [6.45, 7) is 1.99. The molecule has 1 aliphatic rings. The van der Waals surface area contributed by atoms with Gasteiger partial charge in [-0.2, -0.15) is 18.3 Å². The van der Waals surface area contributed by atoms with Crippen LogP contribution in [0.1, 0.15) is 46.9 Å². The number of nitrogens with one attached hydrogen (secondary N) is 1. The Morgan fingerprint density at radius 2 is 2.04 bits per heavy atom. The number of carbonyl (C=O) groups is 1. The Morgan fingerprint density at radius 3 is 2.58 bits per heavy atom. The molecule has 0 radical (unpaired) electrons. The number of carboxylic acid groups (broad SMARTS) is 1. The highest BCUT2D eigenvalue weighted by molar-refractivity contribution is 5.93. The molecule has 2 atom stereocenters. The highest BCUT2D eigenvalue weighted by Crippen LogP contribution is 2.44. The minimum absolute atomic E-state index is 0.111. The molecule has 0 fully saturated rings. The lowest BCUT2D eigenvalue weighted by Gasteiger charge is -2.33. The van der Waals surface area contributed by atoms with Crippen molar-refractivity contribution in [3.8, 4) is 0 Å². The second-order valence-electron chi connectivity index (χ2n) is 5.74. The normalized spacial score (nSPS) is 20.3. The number of alkyl halides is 3. The molecule has 2 N–H and O–H groups in total. The first-order chi connectivity index (χ1) is 11.3. The number of hydrogen-bond acceptors (Lipinski definition) is 3. The van der Waals surface area contributed by atoms with Gasteiger partial charge in [0.25, 0.3) is 0 Å². The minimum Gasteiger partial charge on any atom is -0.477 e. The lowest BCUT2D eigenvalue weighted by Crippen LogP contribution is -2.36. The van der Waals surface area contributed by atoms with Crippen molar-refractivity contribution >= 4 is 11.8 Å². The van der Waals surface area contributed by atoms with Crippen LogP contribution in [0.5, 0.6) is 0 Å². The van der Waals surface area contributed by atoms with E-state index in [9.17, 15) is 18.0 Å². The highest BCUT2D eigenvalue weighted by atomic mass is 19.4. The Balaban J connectivity index is 2.02. The summed E-state index contributed by atoms with van der Waals surface area (Å²) in [7, 11) is 0. The molecule has 0 bridgehead atoms. The summed E-state index contributed by atoms with van der Waals surface area (Å²) < 4.78 is 40.9. The zero-order chi connectivity index (χ0) is 17.5. The van der Waals surface area contributed by atoms with Gasteiger partial charge in [0.05, 0.1) is 12.2 Å². The first kappa shape index (κ1) is 16.4. The van der Waals surface area contributed by atoms with Gasteiger partial charge in [-0.05, 0) is 17.5 Å². The van der Waals surface area contributed by atoms with Crippen LogP contribution in [-0.4, -0.2) is 27.0 Å². The molecule has 1 aromatic carbocycles. The number of halogens is 3. The second kappa shape index (κ2) is 5.85. The Labute approximate surface area is 136 Å². The molecule has 3 rings (SSSR count). The Morgan fingerprint density at radius 1 is 1.38 bits per heavy atom. The number of carboxylic acids is 1. The van der Waals surface area contributed by atoms with E-state index < -0.39 is 24.2 Å². The predicted molar refractivity (Wildman–Crippen MR) is 81.1 cm³/mol. The fourth-order valence-electron chi connectivity index (χ4n) is 2.92. The van der Waals surface area contributed by atoms with Gasteiger partial charge in [-0.15, -0.1) is 0 Å². The second-order valence-corrected chi connectivity index (χ2v) is 5.74. The molecular weight excluding hydrogens is 323 g/mol. The van der Waals surface area contributed by atoms with Gasteiger partial charge < -0.3 is 10.4 Å². The standard InChI is InChI=1S/C16H16F3N3O2/c1-2-9-3-5-10(6-4-9)12-7-13(16(17,18)19)22-14(21-12)11(8-20-22)15(23)24/h3-6,8,12-13,21H,2,7H2,1H3,(H,23,24)/t12-,13+/m0/s1. The number of benzene rings is 1. The number of anilines is 1. The summed E-state index contributed by atoms with van der Waals surface area (Å²) in [6, 6.07) is 4.78. The molecule has 1 aliphatic heterocycles. The van der Waals surface area contributed by atoms with Crippen molar-refractivity contribution in [2.24, 2.45) is 0 Å². The van der Waals surface area contributed by atoms with E-state index >= 15 is 0 Å². The molecule has 5 nitrogen and oxygen atoms in total. The molecular formula is C16H16F3N3O2. The molecule has 0 saturated carbocycles. The smallest absolute Gasteiger partial charge is 0.410 e. The van der Waals surface area contributed by atoms with Gasteiger partial charge in [-0.3, -0.25) is 0 Å². The molecule has 0 amide bonds. The molecule has 8 heteroatoms. The van der Waals surface area contributed by atoms with Crippen LogP contribution in [0, 0.1) is 0 Å². The van der Waals surface area contributed by atoms with Gasteiger partial charge in [0, 0.05) is 6.42 Å². The van der Waals surface area contributed by atoms with E-state index in [1.807, 2.05) is 19.1 Å². The Bertz CT molecular complexity index is 753. The monoisotopic (exact) mass is 339 g/mol. The third-order valence-electron chi connectivity index (χ3n) is 4.26. The summed E-state index contributed by atoms with van der Waals surface area (Å²) in [5.41, 5.74) is 1.50. The highest BCUT2D eigenvalue weighted by Gasteiger charge is 2.47. The molecule has 0 aliphatic carbocycles. The maximum absolute atomic E-state index is 13.4. The average molecular weight is 339 g/mol. The topological polar surface area (TPSA) is 67.2 Å². The van der Waals surface area contributed by atoms with E-state index in [1.165, 1.54) is 0 Å². The van der Waals surface area contributed by atoms with Crippen LogP contribution in [0.4, 0.5) is 19.0 Å². The first-order valence-electron chi connectivity index (χ1n) is 7.54. The molecule has 0 spiro atoms. The van der Waals surface area contributed by atoms with Crippen LogP contribution < -0.4 is 5.32 Å². The Kier molecular flexibility index (Phi) is 3.98. The number of aryl methyl sites for hydroxylation is 1. The summed E-state index contributed by atoms with van der Waals surface area (Å²) in [5, 5.41) is 15.7. The summed E-state index contributed by atoms with van der Waals surface area (Å²) in [6.07, 6.45) is -2.98. The molecule has 0 saturated heterocycles. The third-order valence-corrected chi connectivity index (χ3v) is 4.26. The van der Waals surface area contributed by atoms with Crippen molar-refractivity contribution in [2.75, 3.05) is 5.32 Å². The van der Waals surface area contributed by atoms with Crippen LogP contribution in [0.2, 0.25) is 0 Å². The van der Waals surface area contributed by atoms with Gasteiger partial charge in [-0.1, -0.05) is 31.2 Å². The minimum atomic E-state index is -4.51. The van der Waals surface area contributed by atoms with Crippen molar-refractivity contribution in [3.63, 3.8) is 0 Å². The summed E-state index contributed by atoms with van der Waals surface area (Å²) in [5.74, 6) is -1.42. The van der Waals surface area contributed by atoms with Crippen LogP contribution >= 0.6 is 0 Å². The van der Waals surface area contributed by atoms with Crippen molar-refractivity contribution in [1.82, 2.24) is 9.78 Å². The van der Waals surface area contributed by atoms with E-state index in [0.29, 0.717) is 5.56 Å². The summed E-state index contributed by atoms with van der Waals surface area (Å²) in [4.78, 5) is 11.2. The number of hydrogen-bond donors (Lipinski definition) is 2. The first-order valence-corrected chi connectivity index (χ1v) is 7.54.